The fourth-order valence-corrected chi connectivity index (χ4v) is 3.36. The van der Waals surface area contributed by atoms with Gasteiger partial charge in [0, 0.05) is 5.56 Å². The molecule has 0 saturated heterocycles. The van der Waals surface area contributed by atoms with E-state index < -0.39 is 0 Å². The van der Waals surface area contributed by atoms with Crippen molar-refractivity contribution in [2.75, 3.05) is 19.0 Å². The Bertz CT molecular complexity index is 862. The number of benzene rings is 2. The van der Waals surface area contributed by atoms with E-state index in [-0.39, 0.29) is 5.91 Å². The second-order valence-corrected chi connectivity index (χ2v) is 6.30. The summed E-state index contributed by atoms with van der Waals surface area (Å²) >= 11 is 7.62. The van der Waals surface area contributed by atoms with Gasteiger partial charge in [-0.2, -0.15) is 0 Å². The topological polar surface area (TPSA) is 60.5 Å². The van der Waals surface area contributed by atoms with Crippen LogP contribution in [0.3, 0.4) is 0 Å². The number of rotatable bonds is 5. The molecule has 0 unspecified atom stereocenters. The number of thiazole rings is 1. The van der Waals surface area contributed by atoms with E-state index in [4.69, 9.17) is 21.1 Å². The van der Waals surface area contributed by atoms with Crippen LogP contribution >= 0.6 is 22.9 Å². The maximum atomic E-state index is 12.5. The quantitative estimate of drug-likeness (QED) is 0.720. The van der Waals surface area contributed by atoms with Gasteiger partial charge < -0.3 is 9.47 Å². The van der Waals surface area contributed by atoms with Gasteiger partial charge in [0.1, 0.15) is 0 Å². The Morgan fingerprint density at radius 2 is 2.12 bits per heavy atom. The molecule has 0 aliphatic carbocycles. The van der Waals surface area contributed by atoms with Gasteiger partial charge in [0.05, 0.1) is 29.0 Å². The van der Waals surface area contributed by atoms with Crippen LogP contribution in [-0.4, -0.2) is 24.6 Å². The van der Waals surface area contributed by atoms with Crippen molar-refractivity contribution in [3.63, 3.8) is 0 Å². The van der Waals surface area contributed by atoms with Gasteiger partial charge in [0.25, 0.3) is 5.91 Å². The van der Waals surface area contributed by atoms with Gasteiger partial charge in [-0.3, -0.25) is 10.1 Å². The highest BCUT2D eigenvalue weighted by Crippen LogP contribution is 2.36. The highest BCUT2D eigenvalue weighted by Gasteiger charge is 2.17. The van der Waals surface area contributed by atoms with E-state index in [1.54, 1.807) is 12.1 Å². The molecule has 1 N–H and O–H groups in total. The molecule has 0 aliphatic rings. The zero-order valence-electron chi connectivity index (χ0n) is 13.1. The van der Waals surface area contributed by atoms with E-state index in [1.165, 1.54) is 18.4 Å². The summed E-state index contributed by atoms with van der Waals surface area (Å²) in [5.74, 6) is 0.536. The molecule has 0 aliphatic heterocycles. The molecule has 5 nitrogen and oxygen atoms in total. The highest BCUT2D eigenvalue weighted by molar-refractivity contribution is 7.22. The van der Waals surface area contributed by atoms with Crippen LogP contribution in [0.2, 0.25) is 5.02 Å². The Labute approximate surface area is 148 Å². The van der Waals surface area contributed by atoms with E-state index in [9.17, 15) is 4.79 Å². The summed E-state index contributed by atoms with van der Waals surface area (Å²) in [6, 6.07) is 10.9. The molecule has 3 rings (SSSR count). The van der Waals surface area contributed by atoms with E-state index in [1.807, 2.05) is 31.2 Å². The van der Waals surface area contributed by atoms with Crippen molar-refractivity contribution in [3.05, 3.63) is 47.0 Å². The summed E-state index contributed by atoms with van der Waals surface area (Å²) in [6.07, 6.45) is 0. The number of hydrogen-bond donors (Lipinski definition) is 1. The van der Waals surface area contributed by atoms with Crippen molar-refractivity contribution in [1.82, 2.24) is 4.98 Å². The number of carbonyl (C=O) groups is 1. The lowest BCUT2D eigenvalue weighted by Gasteiger charge is -2.12. The number of nitrogens with zero attached hydrogens (tertiary/aromatic N) is 1. The first-order valence-electron chi connectivity index (χ1n) is 7.29. The average molecular weight is 363 g/mol. The summed E-state index contributed by atoms with van der Waals surface area (Å²) < 4.78 is 11.7. The van der Waals surface area contributed by atoms with Crippen LogP contribution in [-0.2, 0) is 0 Å². The normalized spacial score (nSPS) is 10.6. The summed E-state index contributed by atoms with van der Waals surface area (Å²) in [4.78, 5) is 16.9. The van der Waals surface area contributed by atoms with E-state index in [2.05, 4.69) is 10.3 Å². The lowest BCUT2D eigenvalue weighted by molar-refractivity contribution is 0.102. The average Bonchev–Trinajstić information content (AvgIpc) is 2.98. The molecule has 1 aromatic heterocycles. The number of hydrogen-bond acceptors (Lipinski definition) is 5. The van der Waals surface area contributed by atoms with E-state index in [0.717, 1.165) is 10.2 Å². The second kappa shape index (κ2) is 7.07. The van der Waals surface area contributed by atoms with Gasteiger partial charge in [-0.15, -0.1) is 0 Å². The number of anilines is 1. The Balaban J connectivity index is 1.87. The first-order valence-corrected chi connectivity index (χ1v) is 8.49. The fraction of sp³-hybridized carbons (Fsp3) is 0.176. The van der Waals surface area contributed by atoms with E-state index in [0.29, 0.717) is 33.8 Å². The van der Waals surface area contributed by atoms with Crippen molar-refractivity contribution in [2.45, 2.75) is 6.92 Å². The number of methoxy groups -OCH3 is 1. The highest BCUT2D eigenvalue weighted by atomic mass is 35.5. The molecule has 1 amide bonds. The number of carbonyl (C=O) groups excluding carboxylic acids is 1. The van der Waals surface area contributed by atoms with Crippen molar-refractivity contribution in [3.8, 4) is 11.5 Å². The minimum atomic E-state index is -0.308. The molecule has 1 heterocycles. The van der Waals surface area contributed by atoms with Crippen molar-refractivity contribution < 1.29 is 14.3 Å². The van der Waals surface area contributed by atoms with Crippen molar-refractivity contribution in [1.29, 1.82) is 0 Å². The Kier molecular flexibility index (Phi) is 4.87. The first-order chi connectivity index (χ1) is 11.6. The molecular weight excluding hydrogens is 348 g/mol. The molecule has 0 fully saturated rings. The Hall–Kier alpha value is -2.31. The summed E-state index contributed by atoms with van der Waals surface area (Å²) in [6.45, 7) is 2.30. The van der Waals surface area contributed by atoms with Crippen LogP contribution in [0, 0.1) is 0 Å². The Morgan fingerprint density at radius 3 is 2.83 bits per heavy atom. The van der Waals surface area contributed by atoms with Gasteiger partial charge >= 0.3 is 0 Å². The van der Waals surface area contributed by atoms with Crippen LogP contribution < -0.4 is 14.8 Å². The molecule has 0 saturated carbocycles. The SMILES string of the molecule is CCOc1c(Cl)cc(C(=O)Nc2nc3ccccc3s2)cc1OC. The maximum Gasteiger partial charge on any atom is 0.257 e. The lowest BCUT2D eigenvalue weighted by Crippen LogP contribution is -2.12. The van der Waals surface area contributed by atoms with Crippen LogP contribution in [0.4, 0.5) is 5.13 Å². The van der Waals surface area contributed by atoms with Gasteiger partial charge in [-0.1, -0.05) is 35.1 Å². The first kappa shape index (κ1) is 16.5. The molecule has 7 heteroatoms. The smallest absolute Gasteiger partial charge is 0.257 e. The molecule has 3 aromatic rings. The minimum absolute atomic E-state index is 0.308. The number of ether oxygens (including phenoxy) is 2. The predicted molar refractivity (Wildman–Crippen MR) is 96.7 cm³/mol. The number of nitrogens with one attached hydrogen (secondary N) is 1. The molecule has 0 bridgehead atoms. The zero-order valence-corrected chi connectivity index (χ0v) is 14.7. The number of aromatic nitrogens is 1. The van der Waals surface area contributed by atoms with Gasteiger partial charge in [-0.05, 0) is 31.2 Å². The van der Waals surface area contributed by atoms with Crippen molar-refractivity contribution >= 4 is 44.2 Å². The molecule has 0 atom stereocenters. The van der Waals surface area contributed by atoms with E-state index >= 15 is 0 Å². The van der Waals surface area contributed by atoms with Crippen LogP contribution in [0.5, 0.6) is 11.5 Å². The third kappa shape index (κ3) is 3.29. The number of fused-ring (bicyclic) bond motifs is 1. The second-order valence-electron chi connectivity index (χ2n) is 4.86. The summed E-state index contributed by atoms with van der Waals surface area (Å²) in [5.41, 5.74) is 1.22. The minimum Gasteiger partial charge on any atom is -0.493 e. The third-order valence-electron chi connectivity index (χ3n) is 3.29. The fourth-order valence-electron chi connectivity index (χ4n) is 2.23. The van der Waals surface area contributed by atoms with Crippen LogP contribution in [0.25, 0.3) is 10.2 Å². The number of amides is 1. The Morgan fingerprint density at radius 1 is 1.33 bits per heavy atom. The predicted octanol–water partition coefficient (Wildman–Crippen LogP) is 4.61. The van der Waals surface area contributed by atoms with Crippen LogP contribution in [0.1, 0.15) is 17.3 Å². The summed E-state index contributed by atoms with van der Waals surface area (Å²) in [5, 5.41) is 3.65. The van der Waals surface area contributed by atoms with Gasteiger partial charge in [-0.25, -0.2) is 4.98 Å². The molecule has 0 radical (unpaired) electrons. The van der Waals surface area contributed by atoms with Gasteiger partial charge in [0.15, 0.2) is 16.6 Å². The van der Waals surface area contributed by atoms with Crippen LogP contribution in [0.15, 0.2) is 36.4 Å². The molecule has 0 spiro atoms. The maximum absolute atomic E-state index is 12.5. The number of para-hydroxylation sites is 1. The lowest BCUT2D eigenvalue weighted by atomic mass is 10.2. The molecule has 124 valence electrons. The third-order valence-corrected chi connectivity index (χ3v) is 4.53. The number of halogens is 1. The molecule has 2 aromatic carbocycles. The van der Waals surface area contributed by atoms with Gasteiger partial charge in [0.2, 0.25) is 0 Å². The van der Waals surface area contributed by atoms with Crippen molar-refractivity contribution in [2.24, 2.45) is 0 Å². The molecule has 24 heavy (non-hydrogen) atoms. The summed E-state index contributed by atoms with van der Waals surface area (Å²) in [7, 11) is 1.50. The standard InChI is InChI=1S/C17H15ClN2O3S/c1-3-23-15-11(18)8-10(9-13(15)22-2)16(21)20-17-19-12-6-4-5-7-14(12)24-17/h4-9H,3H2,1-2H3,(H,19,20,21). The monoisotopic (exact) mass is 362 g/mol. The molecular formula is C17H15ClN2O3S. The largest absolute Gasteiger partial charge is 0.493 e. The zero-order chi connectivity index (χ0) is 17.1.